The van der Waals surface area contributed by atoms with Crippen molar-refractivity contribution in [2.45, 2.75) is 25.3 Å². The normalized spacial score (nSPS) is 11.4. The lowest BCUT2D eigenvalue weighted by molar-refractivity contribution is 0.626. The van der Waals surface area contributed by atoms with E-state index < -0.39 is 5.82 Å². The molecule has 0 aliphatic rings. The van der Waals surface area contributed by atoms with Crippen LogP contribution < -0.4 is 0 Å². The fraction of sp³-hybridized carbons (Fsp3) is 0.462. The van der Waals surface area contributed by atoms with Crippen molar-refractivity contribution in [1.29, 1.82) is 0 Å². The van der Waals surface area contributed by atoms with Crippen LogP contribution in [0.5, 0.6) is 0 Å². The van der Waals surface area contributed by atoms with E-state index in [1.807, 2.05) is 16.3 Å². The molecule has 0 fully saturated rings. The Morgan fingerprint density at radius 1 is 1.37 bits per heavy atom. The van der Waals surface area contributed by atoms with Gasteiger partial charge >= 0.3 is 0 Å². The molecule has 0 N–H and O–H groups in total. The van der Waals surface area contributed by atoms with E-state index in [0.29, 0.717) is 11.4 Å². The lowest BCUT2D eigenvalue weighted by Crippen LogP contribution is -2.03. The van der Waals surface area contributed by atoms with Crippen molar-refractivity contribution in [1.82, 2.24) is 9.55 Å². The number of hydrogen-bond donors (Lipinski definition) is 0. The van der Waals surface area contributed by atoms with Gasteiger partial charge in [-0.25, -0.2) is 9.37 Å². The third-order valence-electron chi connectivity index (χ3n) is 2.97. The summed E-state index contributed by atoms with van der Waals surface area (Å²) in [6.07, 6.45) is 4.28. The van der Waals surface area contributed by atoms with Gasteiger partial charge in [0.2, 0.25) is 0 Å². The monoisotopic (exact) mass is 320 g/mol. The number of imidazole rings is 1. The van der Waals surface area contributed by atoms with Crippen LogP contribution in [-0.2, 0) is 12.4 Å². The average Bonchev–Trinajstić information content (AvgIpc) is 2.73. The van der Waals surface area contributed by atoms with Crippen LogP contribution in [-0.4, -0.2) is 21.6 Å². The Labute approximate surface area is 126 Å². The van der Waals surface area contributed by atoms with Crippen LogP contribution in [0, 0.1) is 5.82 Å². The molecule has 1 aromatic carbocycles. The zero-order chi connectivity index (χ0) is 13.8. The fourth-order valence-corrected chi connectivity index (χ4v) is 2.89. The lowest BCUT2D eigenvalue weighted by Gasteiger charge is -2.07. The van der Waals surface area contributed by atoms with E-state index >= 15 is 0 Å². The second-order valence-corrected chi connectivity index (χ2v) is 5.93. The Morgan fingerprint density at radius 3 is 2.84 bits per heavy atom. The van der Waals surface area contributed by atoms with Crippen molar-refractivity contribution in [2.24, 2.45) is 0 Å². The molecule has 0 saturated heterocycles. The van der Waals surface area contributed by atoms with E-state index in [1.165, 1.54) is 6.07 Å². The van der Waals surface area contributed by atoms with Crippen molar-refractivity contribution in [3.63, 3.8) is 0 Å². The van der Waals surface area contributed by atoms with E-state index in [0.717, 1.165) is 36.5 Å². The highest BCUT2D eigenvalue weighted by Crippen LogP contribution is 2.25. The molecule has 0 amide bonds. The number of alkyl halides is 1. The third-order valence-corrected chi connectivity index (χ3v) is 4.19. The highest BCUT2D eigenvalue weighted by Gasteiger charge is 2.12. The van der Waals surface area contributed by atoms with Gasteiger partial charge in [-0.3, -0.25) is 0 Å². The topological polar surface area (TPSA) is 17.8 Å². The van der Waals surface area contributed by atoms with Gasteiger partial charge in [-0.2, -0.15) is 11.8 Å². The van der Waals surface area contributed by atoms with E-state index in [-0.39, 0.29) is 5.02 Å². The summed E-state index contributed by atoms with van der Waals surface area (Å²) in [5.41, 5.74) is 1.47. The summed E-state index contributed by atoms with van der Waals surface area (Å²) in [6.45, 7) is 0.834. The second-order valence-electron chi connectivity index (χ2n) is 4.27. The number of unbranched alkanes of at least 4 members (excludes halogenated alkanes) is 1. The molecule has 0 radical (unpaired) electrons. The fourth-order valence-electron chi connectivity index (χ4n) is 2.04. The molecule has 6 heteroatoms. The first-order chi connectivity index (χ1) is 9.17. The maximum absolute atomic E-state index is 13.4. The number of benzene rings is 1. The van der Waals surface area contributed by atoms with Crippen molar-refractivity contribution in [3.05, 3.63) is 28.8 Å². The first-order valence-electron chi connectivity index (χ1n) is 6.06. The molecule has 2 rings (SSSR count). The van der Waals surface area contributed by atoms with Gasteiger partial charge < -0.3 is 4.57 Å². The molecule has 0 saturated carbocycles. The molecule has 0 aliphatic carbocycles. The Hall–Kier alpha value is -0.450. The highest BCUT2D eigenvalue weighted by molar-refractivity contribution is 7.98. The zero-order valence-corrected chi connectivity index (χ0v) is 13.0. The number of hydrogen-bond acceptors (Lipinski definition) is 2. The Balaban J connectivity index is 2.31. The van der Waals surface area contributed by atoms with Crippen LogP contribution in [0.1, 0.15) is 18.7 Å². The molecule has 104 valence electrons. The molecule has 1 heterocycles. The number of rotatable bonds is 6. The quantitative estimate of drug-likeness (QED) is 0.566. The minimum absolute atomic E-state index is 0.124. The Kier molecular flexibility index (Phi) is 5.37. The molecular formula is C13H15Cl2FN2S. The number of nitrogens with zero attached hydrogens (tertiary/aromatic N) is 2. The molecule has 0 atom stereocenters. The smallest absolute Gasteiger partial charge is 0.144 e. The van der Waals surface area contributed by atoms with Crippen LogP contribution in [0.15, 0.2) is 12.1 Å². The summed E-state index contributed by atoms with van der Waals surface area (Å²) in [4.78, 5) is 4.36. The molecule has 0 unspecified atom stereocenters. The maximum Gasteiger partial charge on any atom is 0.144 e. The number of thioether (sulfide) groups is 1. The third kappa shape index (κ3) is 3.36. The SMILES string of the molecule is CSCCCCn1c(CCl)nc2cc(F)c(Cl)cc21. The first kappa shape index (κ1) is 14.9. The minimum Gasteiger partial charge on any atom is -0.327 e. The molecule has 0 spiro atoms. The van der Waals surface area contributed by atoms with Crippen molar-refractivity contribution in [2.75, 3.05) is 12.0 Å². The van der Waals surface area contributed by atoms with E-state index in [1.54, 1.807) is 6.07 Å². The molecule has 19 heavy (non-hydrogen) atoms. The summed E-state index contributed by atoms with van der Waals surface area (Å²) in [5, 5.41) is 0.124. The number of halogens is 3. The summed E-state index contributed by atoms with van der Waals surface area (Å²) in [7, 11) is 0. The van der Waals surface area contributed by atoms with E-state index in [4.69, 9.17) is 23.2 Å². The van der Waals surface area contributed by atoms with Gasteiger partial charge in [0.1, 0.15) is 11.6 Å². The highest BCUT2D eigenvalue weighted by atomic mass is 35.5. The van der Waals surface area contributed by atoms with Crippen LogP contribution >= 0.6 is 35.0 Å². The van der Waals surface area contributed by atoms with Crippen molar-refractivity contribution < 1.29 is 4.39 Å². The summed E-state index contributed by atoms with van der Waals surface area (Å²) in [5.74, 6) is 1.78. The summed E-state index contributed by atoms with van der Waals surface area (Å²) >= 11 is 13.6. The van der Waals surface area contributed by atoms with Gasteiger partial charge in [-0.05, 0) is 30.9 Å². The Bertz CT molecular complexity index is 571. The number of aryl methyl sites for hydroxylation is 1. The second kappa shape index (κ2) is 6.82. The minimum atomic E-state index is -0.442. The molecule has 2 nitrogen and oxygen atoms in total. The number of aromatic nitrogens is 2. The van der Waals surface area contributed by atoms with Gasteiger partial charge in [0.15, 0.2) is 0 Å². The average molecular weight is 321 g/mol. The summed E-state index contributed by atoms with van der Waals surface area (Å²) in [6, 6.07) is 3.00. The molecule has 1 aromatic heterocycles. The van der Waals surface area contributed by atoms with Gasteiger partial charge in [0.05, 0.1) is 21.9 Å². The summed E-state index contributed by atoms with van der Waals surface area (Å²) < 4.78 is 15.5. The lowest BCUT2D eigenvalue weighted by atomic mass is 10.3. The standard InChI is InChI=1S/C13H15Cl2FN2S/c1-19-5-3-2-4-18-12-6-9(15)10(16)7-11(12)17-13(18)8-14/h6-7H,2-5,8H2,1H3. The first-order valence-corrected chi connectivity index (χ1v) is 8.37. The largest absolute Gasteiger partial charge is 0.327 e. The molecule has 2 aromatic rings. The molecular weight excluding hydrogens is 306 g/mol. The van der Waals surface area contributed by atoms with Crippen LogP contribution in [0.2, 0.25) is 5.02 Å². The van der Waals surface area contributed by atoms with Crippen LogP contribution in [0.25, 0.3) is 11.0 Å². The zero-order valence-electron chi connectivity index (χ0n) is 10.6. The van der Waals surface area contributed by atoms with Gasteiger partial charge in [-0.1, -0.05) is 11.6 Å². The Morgan fingerprint density at radius 2 is 2.16 bits per heavy atom. The van der Waals surface area contributed by atoms with Gasteiger partial charge in [0.25, 0.3) is 0 Å². The number of fused-ring (bicyclic) bond motifs is 1. The van der Waals surface area contributed by atoms with Crippen LogP contribution in [0.4, 0.5) is 4.39 Å². The maximum atomic E-state index is 13.4. The van der Waals surface area contributed by atoms with Crippen molar-refractivity contribution in [3.8, 4) is 0 Å². The van der Waals surface area contributed by atoms with Gasteiger partial charge in [-0.15, -0.1) is 11.6 Å². The van der Waals surface area contributed by atoms with E-state index in [2.05, 4.69) is 11.2 Å². The molecule has 0 bridgehead atoms. The van der Waals surface area contributed by atoms with E-state index in [9.17, 15) is 4.39 Å². The molecule has 0 aliphatic heterocycles. The van der Waals surface area contributed by atoms with Gasteiger partial charge in [0, 0.05) is 12.6 Å². The predicted molar refractivity (Wildman–Crippen MR) is 81.9 cm³/mol. The van der Waals surface area contributed by atoms with Crippen molar-refractivity contribution >= 4 is 46.0 Å². The van der Waals surface area contributed by atoms with Crippen LogP contribution in [0.3, 0.4) is 0 Å². The predicted octanol–water partition coefficient (Wildman–Crippen LogP) is 4.71.